The molecule has 1 heterocycles. The van der Waals surface area contributed by atoms with Gasteiger partial charge < -0.3 is 31.5 Å². The molecule has 6 N–H and O–H groups in total. The van der Waals surface area contributed by atoms with Gasteiger partial charge in [0.25, 0.3) is 0 Å². The first-order valence-corrected chi connectivity index (χ1v) is 12.6. The Bertz CT molecular complexity index is 920. The zero-order valence-electron chi connectivity index (χ0n) is 21.6. The number of phenolic OH excluding ortho intramolecular Hbond substituents is 1. The number of hydrogen-bond donors (Lipinski definition) is 5. The largest absolute Gasteiger partial charge is 0.508 e. The minimum Gasteiger partial charge on any atom is -0.508 e. The van der Waals surface area contributed by atoms with Crippen LogP contribution in [-0.4, -0.2) is 69.5 Å². The van der Waals surface area contributed by atoms with Gasteiger partial charge in [0, 0.05) is 13.0 Å². The molecule has 36 heavy (non-hydrogen) atoms. The van der Waals surface area contributed by atoms with Gasteiger partial charge in [-0.2, -0.15) is 0 Å². The fourth-order valence-electron chi connectivity index (χ4n) is 4.41. The average Bonchev–Trinajstić information content (AvgIpc) is 3.31. The summed E-state index contributed by atoms with van der Waals surface area (Å²) < 4.78 is 0. The second-order valence-electron chi connectivity index (χ2n) is 10.1. The van der Waals surface area contributed by atoms with Gasteiger partial charge in [-0.1, -0.05) is 46.2 Å². The van der Waals surface area contributed by atoms with Crippen LogP contribution in [0, 0.1) is 11.8 Å². The van der Waals surface area contributed by atoms with E-state index < -0.39 is 42.0 Å². The van der Waals surface area contributed by atoms with Crippen LogP contribution in [0.15, 0.2) is 24.3 Å². The number of hydrogen-bond acceptors (Lipinski definition) is 6. The lowest BCUT2D eigenvalue weighted by Crippen LogP contribution is -2.57. The average molecular weight is 505 g/mol. The Hall–Kier alpha value is -3.14. The first-order valence-electron chi connectivity index (χ1n) is 12.6. The molecule has 0 aromatic heterocycles. The molecule has 2 rings (SSSR count). The van der Waals surface area contributed by atoms with Crippen molar-refractivity contribution in [2.45, 2.75) is 84.0 Å². The molecule has 1 saturated heterocycles. The highest BCUT2D eigenvalue weighted by Crippen LogP contribution is 2.21. The molecule has 0 bridgehead atoms. The first-order chi connectivity index (χ1) is 16.9. The minimum atomic E-state index is -1.15. The molecule has 1 aliphatic rings. The maximum atomic E-state index is 13.3. The Morgan fingerprint density at radius 2 is 1.75 bits per heavy atom. The Labute approximate surface area is 212 Å². The van der Waals surface area contributed by atoms with Crippen molar-refractivity contribution in [1.29, 1.82) is 0 Å². The molecule has 0 unspecified atom stereocenters. The topological polar surface area (TPSA) is 162 Å². The predicted molar refractivity (Wildman–Crippen MR) is 135 cm³/mol. The number of nitrogens with two attached hydrogens (primary N) is 1. The Balaban J connectivity index is 2.22. The number of nitrogens with one attached hydrogen (secondary N) is 2. The summed E-state index contributed by atoms with van der Waals surface area (Å²) in [6, 6.07) is 2.55. The van der Waals surface area contributed by atoms with Crippen molar-refractivity contribution in [3.05, 3.63) is 29.8 Å². The van der Waals surface area contributed by atoms with E-state index in [-0.39, 0.29) is 29.9 Å². The third-order valence-corrected chi connectivity index (χ3v) is 6.67. The summed E-state index contributed by atoms with van der Waals surface area (Å²) in [6.07, 6.45) is 2.22. The van der Waals surface area contributed by atoms with Crippen molar-refractivity contribution in [2.24, 2.45) is 17.6 Å². The van der Waals surface area contributed by atoms with Gasteiger partial charge in [0.1, 0.15) is 23.9 Å². The standard InChI is InChI=1S/C26H40N4O6/c1-5-16(4)22(26(35)36)29-23(32)20(14-17-8-10-18(31)11-9-17)28-24(33)21-7-6-12-30(21)25(34)19(27)13-15(2)3/h8-11,15-16,19-22,31H,5-7,12-14,27H2,1-4H3,(H,28,33)(H,29,32)(H,35,36)/t16-,19-,20-,21-,22-/m0/s1. The molecule has 200 valence electrons. The molecule has 1 aromatic carbocycles. The van der Waals surface area contributed by atoms with Crippen LogP contribution in [0.4, 0.5) is 0 Å². The summed E-state index contributed by atoms with van der Waals surface area (Å²) in [7, 11) is 0. The molecule has 10 heteroatoms. The molecular formula is C26H40N4O6. The fourth-order valence-corrected chi connectivity index (χ4v) is 4.41. The zero-order valence-corrected chi connectivity index (χ0v) is 21.6. The van der Waals surface area contributed by atoms with Gasteiger partial charge in [-0.25, -0.2) is 4.79 Å². The van der Waals surface area contributed by atoms with E-state index >= 15 is 0 Å². The van der Waals surface area contributed by atoms with Crippen molar-refractivity contribution in [3.8, 4) is 5.75 Å². The number of likely N-dealkylation sites (tertiary alicyclic amines) is 1. The number of carboxylic acid groups (broad SMARTS) is 1. The third-order valence-electron chi connectivity index (χ3n) is 6.67. The van der Waals surface area contributed by atoms with Crippen LogP contribution in [0.25, 0.3) is 0 Å². The Morgan fingerprint density at radius 1 is 1.11 bits per heavy atom. The molecule has 1 aromatic rings. The first kappa shape index (κ1) is 29.1. The van der Waals surface area contributed by atoms with Crippen LogP contribution in [0.2, 0.25) is 0 Å². The Morgan fingerprint density at radius 3 is 2.31 bits per heavy atom. The Kier molecular flexibility index (Phi) is 10.7. The van der Waals surface area contributed by atoms with Gasteiger partial charge in [-0.15, -0.1) is 0 Å². The number of rotatable bonds is 12. The highest BCUT2D eigenvalue weighted by molar-refractivity contribution is 5.94. The molecule has 0 aliphatic carbocycles. The quantitative estimate of drug-likeness (QED) is 0.287. The van der Waals surface area contributed by atoms with Gasteiger partial charge in [-0.3, -0.25) is 14.4 Å². The molecule has 0 spiro atoms. The SMILES string of the molecule is CC[C@H](C)[C@H](NC(=O)[C@H](Cc1ccc(O)cc1)NC(=O)[C@@H]1CCCN1C(=O)[C@@H](N)CC(C)C)C(=O)O. The number of benzene rings is 1. The summed E-state index contributed by atoms with van der Waals surface area (Å²) >= 11 is 0. The van der Waals surface area contributed by atoms with E-state index in [1.807, 2.05) is 20.8 Å². The summed E-state index contributed by atoms with van der Waals surface area (Å²) in [6.45, 7) is 7.91. The number of carbonyl (C=O) groups is 4. The van der Waals surface area contributed by atoms with Crippen LogP contribution in [0.3, 0.4) is 0 Å². The lowest BCUT2D eigenvalue weighted by atomic mass is 9.98. The fraction of sp³-hybridized carbons (Fsp3) is 0.615. The smallest absolute Gasteiger partial charge is 0.326 e. The second kappa shape index (κ2) is 13.2. The minimum absolute atomic E-state index is 0.0596. The molecule has 1 fully saturated rings. The van der Waals surface area contributed by atoms with Gasteiger partial charge in [0.2, 0.25) is 17.7 Å². The molecular weight excluding hydrogens is 464 g/mol. The second-order valence-corrected chi connectivity index (χ2v) is 10.1. The zero-order chi connectivity index (χ0) is 27.0. The van der Waals surface area contributed by atoms with Crippen LogP contribution < -0.4 is 16.4 Å². The number of phenols is 1. The molecule has 1 aliphatic heterocycles. The summed E-state index contributed by atoms with van der Waals surface area (Å²) in [4.78, 5) is 52.7. The number of carboxylic acids is 1. The highest BCUT2D eigenvalue weighted by Gasteiger charge is 2.38. The highest BCUT2D eigenvalue weighted by atomic mass is 16.4. The van der Waals surface area contributed by atoms with Crippen LogP contribution >= 0.6 is 0 Å². The lowest BCUT2D eigenvalue weighted by Gasteiger charge is -2.29. The number of amides is 3. The van der Waals surface area contributed by atoms with E-state index in [0.717, 1.165) is 0 Å². The van der Waals surface area contributed by atoms with Crippen LogP contribution in [0.5, 0.6) is 5.75 Å². The van der Waals surface area contributed by atoms with E-state index in [1.165, 1.54) is 17.0 Å². The van der Waals surface area contributed by atoms with Crippen molar-refractivity contribution >= 4 is 23.7 Å². The maximum Gasteiger partial charge on any atom is 0.326 e. The van der Waals surface area contributed by atoms with E-state index in [2.05, 4.69) is 10.6 Å². The number of nitrogens with zero attached hydrogens (tertiary/aromatic N) is 1. The molecule has 3 amide bonds. The monoisotopic (exact) mass is 504 g/mol. The lowest BCUT2D eigenvalue weighted by molar-refractivity contribution is -0.144. The van der Waals surface area contributed by atoms with Crippen molar-refractivity contribution < 1.29 is 29.4 Å². The third kappa shape index (κ3) is 7.94. The van der Waals surface area contributed by atoms with E-state index in [4.69, 9.17) is 5.73 Å². The predicted octanol–water partition coefficient (Wildman–Crippen LogP) is 1.40. The van der Waals surface area contributed by atoms with Crippen molar-refractivity contribution in [2.75, 3.05) is 6.54 Å². The summed E-state index contributed by atoms with van der Waals surface area (Å²) in [5, 5.41) is 24.5. The van der Waals surface area contributed by atoms with Gasteiger partial charge in [-0.05, 0) is 48.8 Å². The van der Waals surface area contributed by atoms with Gasteiger partial charge in [0.15, 0.2) is 0 Å². The van der Waals surface area contributed by atoms with E-state index in [0.29, 0.717) is 37.8 Å². The van der Waals surface area contributed by atoms with Crippen LogP contribution in [0.1, 0.15) is 58.9 Å². The van der Waals surface area contributed by atoms with E-state index in [9.17, 15) is 29.4 Å². The summed E-state index contributed by atoms with van der Waals surface area (Å²) in [5.41, 5.74) is 6.75. The molecule has 5 atom stereocenters. The van der Waals surface area contributed by atoms with Crippen LogP contribution in [-0.2, 0) is 25.6 Å². The van der Waals surface area contributed by atoms with E-state index in [1.54, 1.807) is 19.1 Å². The molecule has 0 saturated carbocycles. The maximum absolute atomic E-state index is 13.3. The van der Waals surface area contributed by atoms with Crippen molar-refractivity contribution in [3.63, 3.8) is 0 Å². The molecule has 10 nitrogen and oxygen atoms in total. The van der Waals surface area contributed by atoms with Crippen molar-refractivity contribution in [1.82, 2.24) is 15.5 Å². The van der Waals surface area contributed by atoms with Gasteiger partial charge >= 0.3 is 5.97 Å². The summed E-state index contributed by atoms with van der Waals surface area (Å²) in [5.74, 6) is -2.58. The number of carbonyl (C=O) groups excluding carboxylic acids is 3. The number of aliphatic carboxylic acids is 1. The number of aromatic hydroxyl groups is 1. The normalized spacial score (nSPS) is 18.8. The van der Waals surface area contributed by atoms with Gasteiger partial charge in [0.05, 0.1) is 6.04 Å². The molecule has 0 radical (unpaired) electrons.